The minimum Gasteiger partial charge on any atom is -0.316 e. The fourth-order valence-electron chi connectivity index (χ4n) is 2.74. The molecule has 3 nitrogen and oxygen atoms in total. The molecule has 2 aromatic rings. The molecule has 1 fully saturated rings. The van der Waals surface area contributed by atoms with Crippen molar-refractivity contribution in [1.82, 2.24) is 9.88 Å². The summed E-state index contributed by atoms with van der Waals surface area (Å²) in [6, 6.07) is 8.09. The number of hydrogen-bond donors (Lipinski definition) is 1. The van der Waals surface area contributed by atoms with E-state index in [0.717, 1.165) is 40.4 Å². The summed E-state index contributed by atoms with van der Waals surface area (Å²) in [7, 11) is 1.85. The van der Waals surface area contributed by atoms with Crippen LogP contribution >= 0.6 is 15.9 Å². The molecule has 94 valence electrons. The van der Waals surface area contributed by atoms with Crippen LogP contribution in [0, 0.1) is 0 Å². The van der Waals surface area contributed by atoms with Crippen LogP contribution in [0.15, 0.2) is 33.5 Å². The lowest BCUT2D eigenvalue weighted by Gasteiger charge is -2.13. The van der Waals surface area contributed by atoms with Gasteiger partial charge in [0.25, 0.3) is 5.56 Å². The molecule has 0 bridgehead atoms. The molecule has 18 heavy (non-hydrogen) atoms. The molecule has 2 heterocycles. The normalized spacial score (nSPS) is 19.6. The maximum Gasteiger partial charge on any atom is 0.254 e. The number of pyridine rings is 1. The zero-order valence-corrected chi connectivity index (χ0v) is 11.8. The van der Waals surface area contributed by atoms with Gasteiger partial charge in [0.2, 0.25) is 0 Å². The summed E-state index contributed by atoms with van der Waals surface area (Å²) in [4.78, 5) is 12.4. The van der Waals surface area contributed by atoms with E-state index in [1.54, 1.807) is 4.57 Å². The van der Waals surface area contributed by atoms with Gasteiger partial charge in [-0.1, -0.05) is 12.1 Å². The van der Waals surface area contributed by atoms with Crippen LogP contribution in [0.1, 0.15) is 17.9 Å². The molecule has 0 amide bonds. The zero-order chi connectivity index (χ0) is 12.7. The number of rotatable bonds is 1. The fraction of sp³-hybridized carbons (Fsp3) is 0.357. The smallest absolute Gasteiger partial charge is 0.254 e. The number of fused-ring (bicyclic) bond motifs is 1. The third-order valence-corrected chi connectivity index (χ3v) is 4.36. The third-order valence-electron chi connectivity index (χ3n) is 3.72. The molecular weight excluding hydrogens is 292 g/mol. The Morgan fingerprint density at radius 1 is 1.44 bits per heavy atom. The quantitative estimate of drug-likeness (QED) is 0.878. The fourth-order valence-corrected chi connectivity index (χ4v) is 3.39. The van der Waals surface area contributed by atoms with E-state index in [1.807, 2.05) is 19.2 Å². The van der Waals surface area contributed by atoms with Gasteiger partial charge in [-0.2, -0.15) is 0 Å². The summed E-state index contributed by atoms with van der Waals surface area (Å²) < 4.78 is 2.73. The molecule has 1 atom stereocenters. The average molecular weight is 307 g/mol. The second-order valence-corrected chi connectivity index (χ2v) is 5.69. The standard InChI is InChI=1S/C14H15BrN2O/c1-17-13-9(3-2-4-12(13)15)7-11(14(17)18)10-5-6-16-8-10/h2-4,7,10,16H,5-6,8H2,1H3. The van der Waals surface area contributed by atoms with Gasteiger partial charge in [-0.3, -0.25) is 4.79 Å². The van der Waals surface area contributed by atoms with Crippen LogP contribution in [-0.4, -0.2) is 17.7 Å². The second-order valence-electron chi connectivity index (χ2n) is 4.83. The monoisotopic (exact) mass is 306 g/mol. The lowest BCUT2D eigenvalue weighted by Crippen LogP contribution is -2.24. The highest BCUT2D eigenvalue weighted by Crippen LogP contribution is 2.26. The van der Waals surface area contributed by atoms with E-state index in [2.05, 4.69) is 33.4 Å². The number of para-hydroxylation sites is 1. The van der Waals surface area contributed by atoms with Gasteiger partial charge in [0.1, 0.15) is 0 Å². The van der Waals surface area contributed by atoms with Gasteiger partial charge >= 0.3 is 0 Å². The molecular formula is C14H15BrN2O. The van der Waals surface area contributed by atoms with E-state index in [1.165, 1.54) is 0 Å². The molecule has 1 N–H and O–H groups in total. The molecule has 0 spiro atoms. The molecule has 1 aliphatic heterocycles. The predicted molar refractivity (Wildman–Crippen MR) is 77.1 cm³/mol. The van der Waals surface area contributed by atoms with Crippen molar-refractivity contribution in [2.24, 2.45) is 7.05 Å². The summed E-state index contributed by atoms with van der Waals surface area (Å²) in [5, 5.41) is 4.44. The van der Waals surface area contributed by atoms with Crippen LogP contribution in [0.25, 0.3) is 10.9 Å². The first kappa shape index (κ1) is 11.9. The molecule has 1 unspecified atom stereocenters. The van der Waals surface area contributed by atoms with Crippen molar-refractivity contribution in [1.29, 1.82) is 0 Å². The van der Waals surface area contributed by atoms with Crippen LogP contribution in [0.5, 0.6) is 0 Å². The molecule has 1 aromatic carbocycles. The summed E-state index contributed by atoms with van der Waals surface area (Å²) in [5.41, 5.74) is 2.04. The van der Waals surface area contributed by atoms with Crippen molar-refractivity contribution >= 4 is 26.8 Å². The Balaban J connectivity index is 2.29. The molecule has 0 aliphatic carbocycles. The first-order valence-electron chi connectivity index (χ1n) is 6.17. The zero-order valence-electron chi connectivity index (χ0n) is 10.2. The molecule has 0 radical (unpaired) electrons. The summed E-state index contributed by atoms with van der Waals surface area (Å²) in [6.45, 7) is 1.92. The minimum atomic E-state index is 0.128. The van der Waals surface area contributed by atoms with Gasteiger partial charge in [-0.05, 0) is 46.4 Å². The lowest BCUT2D eigenvalue weighted by atomic mass is 9.98. The Hall–Kier alpha value is -1.13. The lowest BCUT2D eigenvalue weighted by molar-refractivity contribution is 0.734. The minimum absolute atomic E-state index is 0.128. The van der Waals surface area contributed by atoms with E-state index < -0.39 is 0 Å². The summed E-state index contributed by atoms with van der Waals surface area (Å²) >= 11 is 3.52. The van der Waals surface area contributed by atoms with E-state index in [4.69, 9.17) is 0 Å². The summed E-state index contributed by atoms with van der Waals surface area (Å²) in [6.07, 6.45) is 1.05. The predicted octanol–water partition coefficient (Wildman–Crippen LogP) is 2.38. The van der Waals surface area contributed by atoms with Crippen LogP contribution in [0.4, 0.5) is 0 Å². The second kappa shape index (κ2) is 4.52. The average Bonchev–Trinajstić information content (AvgIpc) is 2.87. The van der Waals surface area contributed by atoms with Crippen molar-refractivity contribution < 1.29 is 0 Å². The number of aromatic nitrogens is 1. The number of aryl methyl sites for hydroxylation is 1. The van der Waals surface area contributed by atoms with Gasteiger partial charge in [0.15, 0.2) is 0 Å². The van der Waals surface area contributed by atoms with Crippen LogP contribution in [0.2, 0.25) is 0 Å². The highest BCUT2D eigenvalue weighted by atomic mass is 79.9. The summed E-state index contributed by atoms with van der Waals surface area (Å²) in [5.74, 6) is 0.354. The van der Waals surface area contributed by atoms with Gasteiger partial charge in [-0.15, -0.1) is 0 Å². The number of benzene rings is 1. The Labute approximate surface area is 114 Å². The maximum absolute atomic E-state index is 12.4. The maximum atomic E-state index is 12.4. The van der Waals surface area contributed by atoms with Gasteiger partial charge in [0, 0.05) is 29.5 Å². The largest absolute Gasteiger partial charge is 0.316 e. The molecule has 1 aliphatic rings. The number of halogens is 1. The van der Waals surface area contributed by atoms with Gasteiger partial charge in [0.05, 0.1) is 5.52 Å². The molecule has 3 rings (SSSR count). The van der Waals surface area contributed by atoms with Crippen molar-refractivity contribution in [3.8, 4) is 0 Å². The Kier molecular flexibility index (Phi) is 2.99. The number of nitrogens with zero attached hydrogens (tertiary/aromatic N) is 1. The Morgan fingerprint density at radius 2 is 2.28 bits per heavy atom. The van der Waals surface area contributed by atoms with Gasteiger partial charge < -0.3 is 9.88 Å². The van der Waals surface area contributed by atoms with Crippen molar-refractivity contribution in [3.05, 3.63) is 44.7 Å². The third kappa shape index (κ3) is 1.80. The van der Waals surface area contributed by atoms with Gasteiger partial charge in [-0.25, -0.2) is 0 Å². The van der Waals surface area contributed by atoms with E-state index in [9.17, 15) is 4.79 Å². The van der Waals surface area contributed by atoms with Crippen LogP contribution < -0.4 is 10.9 Å². The SMILES string of the molecule is Cn1c(=O)c(C2CCNC2)cc2cccc(Br)c21. The molecule has 4 heteroatoms. The number of hydrogen-bond acceptors (Lipinski definition) is 2. The van der Waals surface area contributed by atoms with E-state index in [0.29, 0.717) is 5.92 Å². The first-order chi connectivity index (χ1) is 8.68. The van der Waals surface area contributed by atoms with Crippen molar-refractivity contribution in [2.45, 2.75) is 12.3 Å². The van der Waals surface area contributed by atoms with E-state index in [-0.39, 0.29) is 5.56 Å². The van der Waals surface area contributed by atoms with E-state index >= 15 is 0 Å². The van der Waals surface area contributed by atoms with Crippen molar-refractivity contribution in [2.75, 3.05) is 13.1 Å². The highest BCUT2D eigenvalue weighted by molar-refractivity contribution is 9.10. The van der Waals surface area contributed by atoms with Crippen LogP contribution in [-0.2, 0) is 7.05 Å². The molecule has 0 saturated carbocycles. The first-order valence-corrected chi connectivity index (χ1v) is 6.96. The Bertz CT molecular complexity index is 657. The Morgan fingerprint density at radius 3 is 3.00 bits per heavy atom. The molecule has 1 aromatic heterocycles. The number of nitrogens with one attached hydrogen (secondary N) is 1. The highest BCUT2D eigenvalue weighted by Gasteiger charge is 2.21. The van der Waals surface area contributed by atoms with Crippen molar-refractivity contribution in [3.63, 3.8) is 0 Å². The topological polar surface area (TPSA) is 34.0 Å². The molecule has 1 saturated heterocycles. The van der Waals surface area contributed by atoms with Crippen LogP contribution in [0.3, 0.4) is 0 Å².